The van der Waals surface area contributed by atoms with Crippen molar-refractivity contribution < 1.29 is 26.8 Å². The average molecular weight is 440 g/mol. The summed E-state index contributed by atoms with van der Waals surface area (Å²) in [6, 6.07) is 9.09. The van der Waals surface area contributed by atoms with Crippen LogP contribution >= 0.6 is 15.9 Å². The van der Waals surface area contributed by atoms with E-state index in [2.05, 4.69) is 15.9 Å². The quantitative estimate of drug-likeness (QED) is 0.659. The zero-order chi connectivity index (χ0) is 18.7. The summed E-state index contributed by atoms with van der Waals surface area (Å²) in [5, 5.41) is 9.06. The Kier molecular flexibility index (Phi) is 5.25. The van der Waals surface area contributed by atoms with Crippen LogP contribution in [0, 0.1) is 11.3 Å². The lowest BCUT2D eigenvalue weighted by atomic mass is 10.2. The third-order valence-electron chi connectivity index (χ3n) is 3.43. The van der Waals surface area contributed by atoms with Crippen molar-refractivity contribution in [1.82, 2.24) is 0 Å². The highest BCUT2D eigenvalue weighted by atomic mass is 79.9. The zero-order valence-electron chi connectivity index (χ0n) is 13.7. The third kappa shape index (κ3) is 3.71. The van der Waals surface area contributed by atoms with Gasteiger partial charge in [-0.2, -0.15) is 13.7 Å². The Hall–Kier alpha value is -2.44. The highest BCUT2D eigenvalue weighted by Crippen LogP contribution is 2.39. The third-order valence-corrected chi connectivity index (χ3v) is 5.24. The van der Waals surface area contributed by atoms with Gasteiger partial charge in [-0.25, -0.2) is 0 Å². The van der Waals surface area contributed by atoms with E-state index in [1.54, 1.807) is 6.92 Å². The molecule has 0 radical (unpaired) electrons. The van der Waals surface area contributed by atoms with Gasteiger partial charge in [0, 0.05) is 12.1 Å². The molecule has 0 bridgehead atoms. The van der Waals surface area contributed by atoms with Gasteiger partial charge in [0.1, 0.15) is 18.1 Å². The fourth-order valence-corrected chi connectivity index (χ4v) is 3.92. The summed E-state index contributed by atoms with van der Waals surface area (Å²) in [5.74, 6) is 0.940. The van der Waals surface area contributed by atoms with E-state index < -0.39 is 10.1 Å². The minimum absolute atomic E-state index is 0.0271. The molecule has 1 aliphatic rings. The lowest BCUT2D eigenvalue weighted by molar-refractivity contribution is 0.171. The highest BCUT2D eigenvalue weighted by Gasteiger charge is 2.24. The molecule has 0 spiro atoms. The zero-order valence-corrected chi connectivity index (χ0v) is 16.1. The van der Waals surface area contributed by atoms with E-state index in [1.807, 2.05) is 6.07 Å². The van der Waals surface area contributed by atoms with Crippen molar-refractivity contribution in [1.29, 1.82) is 5.26 Å². The van der Waals surface area contributed by atoms with Crippen LogP contribution in [0.2, 0.25) is 0 Å². The van der Waals surface area contributed by atoms with Crippen molar-refractivity contribution in [2.45, 2.75) is 11.8 Å². The topological polar surface area (TPSA) is 94.9 Å². The van der Waals surface area contributed by atoms with Crippen LogP contribution < -0.4 is 18.4 Å². The number of benzene rings is 2. The monoisotopic (exact) mass is 439 g/mol. The summed E-state index contributed by atoms with van der Waals surface area (Å²) >= 11 is 3.23. The number of hydrogen-bond donors (Lipinski definition) is 0. The lowest BCUT2D eigenvalue weighted by Crippen LogP contribution is -2.17. The number of ether oxygens (including phenoxy) is 3. The molecule has 136 valence electrons. The fraction of sp³-hybridized carbons (Fsp3) is 0.235. The Balaban J connectivity index is 1.99. The van der Waals surface area contributed by atoms with Gasteiger partial charge in [-0.05, 0) is 41.1 Å². The van der Waals surface area contributed by atoms with E-state index >= 15 is 0 Å². The van der Waals surface area contributed by atoms with E-state index in [-0.39, 0.29) is 23.0 Å². The van der Waals surface area contributed by atoms with E-state index in [0.717, 1.165) is 0 Å². The predicted octanol–water partition coefficient (Wildman–Crippen LogP) is 3.26. The molecule has 0 saturated heterocycles. The first-order chi connectivity index (χ1) is 12.4. The standard InChI is InChI=1S/C17H14BrNO6S/c1-2-22-16-8-11(10-19)7-13(18)17(16)25-26(20,21)12-3-4-14-15(9-12)24-6-5-23-14/h3-4,7-9H,2,5-6H2,1H3. The van der Waals surface area contributed by atoms with Crippen LogP contribution in [0.25, 0.3) is 0 Å². The number of nitriles is 1. The van der Waals surface area contributed by atoms with Crippen molar-refractivity contribution in [2.75, 3.05) is 19.8 Å². The molecular weight excluding hydrogens is 426 g/mol. The van der Waals surface area contributed by atoms with Gasteiger partial charge in [-0.15, -0.1) is 0 Å². The summed E-state index contributed by atoms with van der Waals surface area (Å²) in [7, 11) is -4.16. The first-order valence-corrected chi connectivity index (χ1v) is 9.85. The molecule has 1 aliphatic heterocycles. The van der Waals surface area contributed by atoms with E-state index in [9.17, 15) is 8.42 Å². The van der Waals surface area contributed by atoms with Gasteiger partial charge in [0.05, 0.1) is 22.7 Å². The van der Waals surface area contributed by atoms with E-state index in [4.69, 9.17) is 23.7 Å². The maximum absolute atomic E-state index is 12.7. The number of fused-ring (bicyclic) bond motifs is 1. The molecular formula is C17H14BrNO6S. The average Bonchev–Trinajstić information content (AvgIpc) is 2.64. The van der Waals surface area contributed by atoms with Crippen LogP contribution in [0.1, 0.15) is 12.5 Å². The summed E-state index contributed by atoms with van der Waals surface area (Å²) in [6.07, 6.45) is 0. The van der Waals surface area contributed by atoms with Gasteiger partial charge >= 0.3 is 10.1 Å². The summed E-state index contributed by atoms with van der Waals surface area (Å²) in [5.41, 5.74) is 0.310. The van der Waals surface area contributed by atoms with Crippen molar-refractivity contribution in [3.05, 3.63) is 40.4 Å². The maximum atomic E-state index is 12.7. The highest BCUT2D eigenvalue weighted by molar-refractivity contribution is 9.10. The van der Waals surface area contributed by atoms with Gasteiger partial charge in [-0.3, -0.25) is 0 Å². The van der Waals surface area contributed by atoms with Crippen molar-refractivity contribution in [3.8, 4) is 29.1 Å². The second-order valence-electron chi connectivity index (χ2n) is 5.17. The molecule has 0 unspecified atom stereocenters. The number of nitrogens with zero attached hydrogens (tertiary/aromatic N) is 1. The van der Waals surface area contributed by atoms with Crippen molar-refractivity contribution in [3.63, 3.8) is 0 Å². The number of rotatable bonds is 5. The van der Waals surface area contributed by atoms with Gasteiger partial charge < -0.3 is 18.4 Å². The van der Waals surface area contributed by atoms with Crippen LogP contribution in [0.4, 0.5) is 0 Å². The molecule has 2 aromatic rings. The molecule has 0 N–H and O–H groups in total. The van der Waals surface area contributed by atoms with Crippen LogP contribution in [0.5, 0.6) is 23.0 Å². The number of hydrogen-bond acceptors (Lipinski definition) is 7. The van der Waals surface area contributed by atoms with Crippen LogP contribution in [0.15, 0.2) is 39.7 Å². The Morgan fingerprint density at radius 3 is 2.62 bits per heavy atom. The molecule has 0 aromatic heterocycles. The van der Waals surface area contributed by atoms with Crippen LogP contribution in [-0.4, -0.2) is 28.2 Å². The molecule has 0 amide bonds. The smallest absolute Gasteiger partial charge is 0.339 e. The second-order valence-corrected chi connectivity index (χ2v) is 7.57. The summed E-state index contributed by atoms with van der Waals surface area (Å²) in [4.78, 5) is -0.0829. The molecule has 9 heteroatoms. The van der Waals surface area contributed by atoms with Crippen LogP contribution in [-0.2, 0) is 10.1 Å². The molecule has 0 atom stereocenters. The normalized spacial score (nSPS) is 13.0. The molecule has 7 nitrogen and oxygen atoms in total. The van der Waals surface area contributed by atoms with Gasteiger partial charge in [0.25, 0.3) is 0 Å². The first kappa shape index (κ1) is 18.4. The van der Waals surface area contributed by atoms with E-state index in [1.165, 1.54) is 30.3 Å². The van der Waals surface area contributed by atoms with Gasteiger partial charge in [0.2, 0.25) is 0 Å². The Labute approximate surface area is 159 Å². The molecule has 3 rings (SSSR count). The predicted molar refractivity (Wildman–Crippen MR) is 95.3 cm³/mol. The Bertz CT molecular complexity index is 983. The Morgan fingerprint density at radius 2 is 1.92 bits per heavy atom. The lowest BCUT2D eigenvalue weighted by Gasteiger charge is -2.19. The van der Waals surface area contributed by atoms with Crippen molar-refractivity contribution >= 4 is 26.0 Å². The second kappa shape index (κ2) is 7.43. The molecule has 26 heavy (non-hydrogen) atoms. The van der Waals surface area contributed by atoms with Gasteiger partial charge in [0.15, 0.2) is 23.0 Å². The molecule has 0 fully saturated rings. The molecule has 0 saturated carbocycles. The maximum Gasteiger partial charge on any atom is 0.339 e. The van der Waals surface area contributed by atoms with Crippen LogP contribution in [0.3, 0.4) is 0 Å². The summed E-state index contributed by atoms with van der Waals surface area (Å²) < 4.78 is 47.2. The summed E-state index contributed by atoms with van der Waals surface area (Å²) in [6.45, 7) is 2.77. The fourth-order valence-electron chi connectivity index (χ4n) is 2.31. The molecule has 2 aromatic carbocycles. The molecule has 1 heterocycles. The van der Waals surface area contributed by atoms with Crippen molar-refractivity contribution in [2.24, 2.45) is 0 Å². The number of halogens is 1. The Morgan fingerprint density at radius 1 is 1.19 bits per heavy atom. The van der Waals surface area contributed by atoms with Gasteiger partial charge in [-0.1, -0.05) is 0 Å². The first-order valence-electron chi connectivity index (χ1n) is 7.65. The van der Waals surface area contributed by atoms with E-state index in [0.29, 0.717) is 34.7 Å². The SMILES string of the molecule is CCOc1cc(C#N)cc(Br)c1OS(=O)(=O)c1ccc2c(c1)OCCO2. The minimum atomic E-state index is -4.16. The largest absolute Gasteiger partial charge is 0.490 e. The molecule has 0 aliphatic carbocycles. The minimum Gasteiger partial charge on any atom is -0.490 e.